The molecule has 0 radical (unpaired) electrons. The number of amides is 1. The third-order valence-electron chi connectivity index (χ3n) is 4.77. The molecule has 0 bridgehead atoms. The van der Waals surface area contributed by atoms with Gasteiger partial charge in [0.1, 0.15) is 6.04 Å². The molecule has 1 aliphatic rings. The number of hydrogen-bond acceptors (Lipinski definition) is 5. The SMILES string of the molecule is Cc1nn(C)c2nc(-c3cccs3)cc(C(=O)N3CCCC3C(=O)O)c12. The second-order valence-electron chi connectivity index (χ2n) is 6.43. The van der Waals surface area contributed by atoms with E-state index in [-0.39, 0.29) is 5.91 Å². The van der Waals surface area contributed by atoms with Crippen molar-refractivity contribution < 1.29 is 14.7 Å². The summed E-state index contributed by atoms with van der Waals surface area (Å²) in [5.74, 6) is -1.22. The van der Waals surface area contributed by atoms with Gasteiger partial charge in [-0.15, -0.1) is 11.3 Å². The standard InChI is InChI=1S/C18H18N4O3S/c1-10-15-11(17(23)22-7-3-5-13(22)18(24)25)9-12(14-6-4-8-26-14)19-16(15)21(2)20-10/h4,6,8-9,13H,3,5,7H2,1-2H3,(H,24,25). The number of carboxylic acids is 1. The average Bonchev–Trinajstić information content (AvgIpc) is 3.34. The predicted molar refractivity (Wildman–Crippen MR) is 98.3 cm³/mol. The Morgan fingerprint density at radius 2 is 2.19 bits per heavy atom. The van der Waals surface area contributed by atoms with Crippen molar-refractivity contribution in [3.05, 3.63) is 34.8 Å². The van der Waals surface area contributed by atoms with E-state index in [1.54, 1.807) is 29.1 Å². The monoisotopic (exact) mass is 370 g/mol. The molecule has 3 aromatic heterocycles. The molecule has 1 saturated heterocycles. The van der Waals surface area contributed by atoms with Crippen molar-refractivity contribution in [1.29, 1.82) is 0 Å². The van der Waals surface area contributed by atoms with Crippen LogP contribution in [0.5, 0.6) is 0 Å². The van der Waals surface area contributed by atoms with Gasteiger partial charge in [0.2, 0.25) is 0 Å². The Bertz CT molecular complexity index is 1010. The minimum atomic E-state index is -0.956. The minimum Gasteiger partial charge on any atom is -0.480 e. The Morgan fingerprint density at radius 1 is 1.38 bits per heavy atom. The number of carboxylic acid groups (broad SMARTS) is 1. The maximum absolute atomic E-state index is 13.3. The first kappa shape index (κ1) is 16.7. The number of hydrogen-bond donors (Lipinski definition) is 1. The molecule has 1 N–H and O–H groups in total. The van der Waals surface area contributed by atoms with Gasteiger partial charge in [-0.2, -0.15) is 5.10 Å². The van der Waals surface area contributed by atoms with Crippen LogP contribution >= 0.6 is 11.3 Å². The molecule has 8 heteroatoms. The molecule has 1 fully saturated rings. The summed E-state index contributed by atoms with van der Waals surface area (Å²) in [6.45, 7) is 2.29. The zero-order valence-corrected chi connectivity index (χ0v) is 15.3. The third-order valence-corrected chi connectivity index (χ3v) is 5.66. The highest BCUT2D eigenvalue weighted by Crippen LogP contribution is 2.31. The number of aromatic nitrogens is 3. The number of carbonyl (C=O) groups excluding carboxylic acids is 1. The van der Waals surface area contributed by atoms with Crippen LogP contribution in [0.1, 0.15) is 28.9 Å². The highest BCUT2D eigenvalue weighted by Gasteiger charge is 2.35. The van der Waals surface area contributed by atoms with Crippen LogP contribution in [0.4, 0.5) is 0 Å². The number of thiophene rings is 1. The van der Waals surface area contributed by atoms with E-state index in [9.17, 15) is 14.7 Å². The fourth-order valence-corrected chi connectivity index (χ4v) is 4.27. The molecule has 0 spiro atoms. The molecule has 1 aliphatic heterocycles. The Morgan fingerprint density at radius 3 is 2.88 bits per heavy atom. The van der Waals surface area contributed by atoms with Crippen molar-refractivity contribution in [3.8, 4) is 10.6 Å². The van der Waals surface area contributed by atoms with Crippen LogP contribution in [0.3, 0.4) is 0 Å². The Kier molecular flexibility index (Phi) is 3.99. The number of pyridine rings is 1. The summed E-state index contributed by atoms with van der Waals surface area (Å²) in [5, 5.41) is 16.5. The largest absolute Gasteiger partial charge is 0.480 e. The molecule has 134 valence electrons. The molecular weight excluding hydrogens is 352 g/mol. The topological polar surface area (TPSA) is 88.3 Å². The molecule has 26 heavy (non-hydrogen) atoms. The van der Waals surface area contributed by atoms with Gasteiger partial charge in [-0.05, 0) is 37.3 Å². The summed E-state index contributed by atoms with van der Waals surface area (Å²) >= 11 is 1.54. The summed E-state index contributed by atoms with van der Waals surface area (Å²) in [7, 11) is 1.80. The van der Waals surface area contributed by atoms with E-state index in [0.29, 0.717) is 47.4 Å². The van der Waals surface area contributed by atoms with Gasteiger partial charge in [-0.3, -0.25) is 9.48 Å². The lowest BCUT2D eigenvalue weighted by atomic mass is 10.1. The molecule has 7 nitrogen and oxygen atoms in total. The van der Waals surface area contributed by atoms with Crippen LogP contribution < -0.4 is 0 Å². The van der Waals surface area contributed by atoms with Gasteiger partial charge in [0, 0.05) is 13.6 Å². The molecule has 4 heterocycles. The van der Waals surface area contributed by atoms with Gasteiger partial charge in [-0.25, -0.2) is 9.78 Å². The van der Waals surface area contributed by atoms with Crippen molar-refractivity contribution in [2.24, 2.45) is 7.05 Å². The summed E-state index contributed by atoms with van der Waals surface area (Å²) in [4.78, 5) is 31.9. The Hall–Kier alpha value is -2.74. The number of aliphatic carboxylic acids is 1. The number of carbonyl (C=O) groups is 2. The van der Waals surface area contributed by atoms with Gasteiger partial charge < -0.3 is 10.0 Å². The van der Waals surface area contributed by atoms with Crippen LogP contribution in [0.15, 0.2) is 23.6 Å². The van der Waals surface area contributed by atoms with Crippen LogP contribution in [0, 0.1) is 6.92 Å². The van der Waals surface area contributed by atoms with E-state index < -0.39 is 12.0 Å². The Labute approximate surface area is 153 Å². The lowest BCUT2D eigenvalue weighted by Crippen LogP contribution is -2.40. The zero-order chi connectivity index (χ0) is 18.4. The van der Waals surface area contributed by atoms with Gasteiger partial charge in [0.15, 0.2) is 5.65 Å². The predicted octanol–water partition coefficient (Wildman–Crippen LogP) is 2.69. The second-order valence-corrected chi connectivity index (χ2v) is 7.38. The fourth-order valence-electron chi connectivity index (χ4n) is 3.59. The highest BCUT2D eigenvalue weighted by molar-refractivity contribution is 7.13. The third kappa shape index (κ3) is 2.57. The van der Waals surface area contributed by atoms with Crippen molar-refractivity contribution in [1.82, 2.24) is 19.7 Å². The summed E-state index contributed by atoms with van der Waals surface area (Å²) < 4.78 is 1.66. The smallest absolute Gasteiger partial charge is 0.326 e. The lowest BCUT2D eigenvalue weighted by molar-refractivity contribution is -0.141. The van der Waals surface area contributed by atoms with Gasteiger partial charge in [0.25, 0.3) is 5.91 Å². The molecular formula is C18H18N4O3S. The number of fused-ring (bicyclic) bond motifs is 1. The highest BCUT2D eigenvalue weighted by atomic mass is 32.1. The average molecular weight is 370 g/mol. The number of likely N-dealkylation sites (tertiary alicyclic amines) is 1. The van der Waals surface area contributed by atoms with Crippen LogP contribution in [-0.2, 0) is 11.8 Å². The Balaban J connectivity index is 1.90. The molecule has 1 unspecified atom stereocenters. The second kappa shape index (κ2) is 6.21. The maximum Gasteiger partial charge on any atom is 0.326 e. The number of nitrogens with zero attached hydrogens (tertiary/aromatic N) is 4. The lowest BCUT2D eigenvalue weighted by Gasteiger charge is -2.22. The fraction of sp³-hybridized carbons (Fsp3) is 0.333. The summed E-state index contributed by atoms with van der Waals surface area (Å²) in [6, 6.07) is 4.88. The molecule has 0 aromatic carbocycles. The molecule has 0 aliphatic carbocycles. The first-order valence-electron chi connectivity index (χ1n) is 8.39. The number of aryl methyl sites for hydroxylation is 2. The summed E-state index contributed by atoms with van der Waals surface area (Å²) in [5.41, 5.74) is 2.51. The first-order valence-corrected chi connectivity index (χ1v) is 9.27. The van der Waals surface area contributed by atoms with E-state index in [1.807, 2.05) is 24.4 Å². The van der Waals surface area contributed by atoms with Crippen LogP contribution in [-0.4, -0.2) is 49.2 Å². The van der Waals surface area contributed by atoms with E-state index in [2.05, 4.69) is 10.1 Å². The molecule has 1 atom stereocenters. The maximum atomic E-state index is 13.3. The van der Waals surface area contributed by atoms with Crippen LogP contribution in [0.2, 0.25) is 0 Å². The molecule has 0 saturated carbocycles. The normalized spacial score (nSPS) is 17.2. The molecule has 3 aromatic rings. The van der Waals surface area contributed by atoms with Crippen molar-refractivity contribution in [2.45, 2.75) is 25.8 Å². The van der Waals surface area contributed by atoms with Gasteiger partial charge >= 0.3 is 5.97 Å². The van der Waals surface area contributed by atoms with E-state index >= 15 is 0 Å². The van der Waals surface area contributed by atoms with Crippen LogP contribution in [0.25, 0.3) is 21.6 Å². The van der Waals surface area contributed by atoms with Crippen molar-refractivity contribution in [3.63, 3.8) is 0 Å². The van der Waals surface area contributed by atoms with Gasteiger partial charge in [0.05, 0.1) is 27.2 Å². The number of rotatable bonds is 3. The zero-order valence-electron chi connectivity index (χ0n) is 14.5. The van der Waals surface area contributed by atoms with Gasteiger partial charge in [-0.1, -0.05) is 6.07 Å². The summed E-state index contributed by atoms with van der Waals surface area (Å²) in [6.07, 6.45) is 1.18. The van der Waals surface area contributed by atoms with E-state index in [4.69, 9.17) is 0 Å². The van der Waals surface area contributed by atoms with Crippen molar-refractivity contribution >= 4 is 34.2 Å². The van der Waals surface area contributed by atoms with E-state index in [0.717, 1.165) is 4.88 Å². The van der Waals surface area contributed by atoms with Crippen molar-refractivity contribution in [2.75, 3.05) is 6.54 Å². The van der Waals surface area contributed by atoms with E-state index in [1.165, 1.54) is 4.90 Å². The molecule has 1 amide bonds. The first-order chi connectivity index (χ1) is 12.5. The quantitative estimate of drug-likeness (QED) is 0.766. The minimum absolute atomic E-state index is 0.267. The molecule has 4 rings (SSSR count).